The smallest absolute Gasteiger partial charge is 0.242 e. The second-order valence-electron chi connectivity index (χ2n) is 4.70. The highest BCUT2D eigenvalue weighted by Gasteiger charge is 2.22. The number of hydrogen-bond donors (Lipinski definition) is 2. The lowest BCUT2D eigenvalue weighted by Gasteiger charge is -2.16. The average molecular weight is 257 g/mol. The molecule has 0 saturated carbocycles. The van der Waals surface area contributed by atoms with E-state index in [2.05, 4.69) is 22.5 Å². The predicted molar refractivity (Wildman–Crippen MR) is 74.5 cm³/mol. The fourth-order valence-corrected chi connectivity index (χ4v) is 2.84. The van der Waals surface area contributed by atoms with Gasteiger partial charge < -0.3 is 10.6 Å². The molecule has 1 aliphatic heterocycles. The second kappa shape index (κ2) is 6.89. The summed E-state index contributed by atoms with van der Waals surface area (Å²) in [6, 6.07) is -0.0400. The van der Waals surface area contributed by atoms with E-state index in [1.165, 1.54) is 12.8 Å². The molecule has 17 heavy (non-hydrogen) atoms. The number of hydrogen-bond acceptors (Lipinski definition) is 4. The van der Waals surface area contributed by atoms with Crippen LogP contribution in [0.3, 0.4) is 0 Å². The van der Waals surface area contributed by atoms with E-state index in [1.54, 1.807) is 11.8 Å². The SMILES string of the molecule is CCCC1CN=C(NC(C)C(=O)NC(C)C)S1. The summed E-state index contributed by atoms with van der Waals surface area (Å²) in [6.07, 6.45) is 2.37. The molecule has 2 unspecified atom stereocenters. The van der Waals surface area contributed by atoms with Gasteiger partial charge in [-0.05, 0) is 27.2 Å². The van der Waals surface area contributed by atoms with Crippen LogP contribution in [0.15, 0.2) is 4.99 Å². The molecule has 4 nitrogen and oxygen atoms in total. The van der Waals surface area contributed by atoms with Crippen molar-refractivity contribution in [2.45, 2.75) is 57.9 Å². The van der Waals surface area contributed by atoms with Crippen molar-refractivity contribution in [3.63, 3.8) is 0 Å². The van der Waals surface area contributed by atoms with E-state index in [4.69, 9.17) is 0 Å². The molecule has 2 atom stereocenters. The maximum atomic E-state index is 11.7. The molecule has 0 aromatic rings. The van der Waals surface area contributed by atoms with Crippen LogP contribution in [-0.2, 0) is 4.79 Å². The Morgan fingerprint density at radius 1 is 1.53 bits per heavy atom. The third-order valence-electron chi connectivity index (χ3n) is 2.49. The van der Waals surface area contributed by atoms with Gasteiger partial charge in [-0.15, -0.1) is 0 Å². The van der Waals surface area contributed by atoms with Crippen molar-refractivity contribution in [3.8, 4) is 0 Å². The van der Waals surface area contributed by atoms with Crippen molar-refractivity contribution < 1.29 is 4.79 Å². The van der Waals surface area contributed by atoms with Crippen LogP contribution in [-0.4, -0.2) is 35.0 Å². The van der Waals surface area contributed by atoms with Crippen LogP contribution in [0.5, 0.6) is 0 Å². The molecular weight excluding hydrogens is 234 g/mol. The van der Waals surface area contributed by atoms with Crippen molar-refractivity contribution in [1.82, 2.24) is 10.6 Å². The summed E-state index contributed by atoms with van der Waals surface area (Å²) in [5.41, 5.74) is 0. The molecule has 0 aromatic heterocycles. The molecule has 0 fully saturated rings. The Morgan fingerprint density at radius 2 is 2.24 bits per heavy atom. The maximum absolute atomic E-state index is 11.7. The summed E-state index contributed by atoms with van der Waals surface area (Å²) in [4.78, 5) is 16.1. The van der Waals surface area contributed by atoms with E-state index in [-0.39, 0.29) is 18.0 Å². The lowest BCUT2D eigenvalue weighted by molar-refractivity contribution is -0.122. The van der Waals surface area contributed by atoms with Crippen molar-refractivity contribution in [2.24, 2.45) is 4.99 Å². The van der Waals surface area contributed by atoms with Crippen molar-refractivity contribution in [3.05, 3.63) is 0 Å². The largest absolute Gasteiger partial charge is 0.353 e. The maximum Gasteiger partial charge on any atom is 0.242 e. The van der Waals surface area contributed by atoms with Crippen LogP contribution in [0.2, 0.25) is 0 Å². The Morgan fingerprint density at radius 3 is 2.82 bits per heavy atom. The number of amidine groups is 1. The molecule has 1 rings (SSSR count). The first-order valence-corrected chi connectivity index (χ1v) is 7.19. The van der Waals surface area contributed by atoms with Gasteiger partial charge in [-0.3, -0.25) is 9.79 Å². The number of amides is 1. The predicted octanol–water partition coefficient (Wildman–Crippen LogP) is 1.76. The number of carbonyl (C=O) groups excluding carboxylic acids is 1. The molecular formula is C12H23N3OS. The van der Waals surface area contributed by atoms with E-state index in [1.807, 2.05) is 20.8 Å². The monoisotopic (exact) mass is 257 g/mol. The van der Waals surface area contributed by atoms with Crippen LogP contribution in [0.1, 0.15) is 40.5 Å². The van der Waals surface area contributed by atoms with Crippen LogP contribution in [0.4, 0.5) is 0 Å². The first-order valence-electron chi connectivity index (χ1n) is 6.31. The molecule has 0 spiro atoms. The zero-order valence-corrected chi connectivity index (χ0v) is 11.9. The lowest BCUT2D eigenvalue weighted by atomic mass is 10.2. The molecule has 0 saturated heterocycles. The van der Waals surface area contributed by atoms with Gasteiger partial charge in [-0.1, -0.05) is 25.1 Å². The summed E-state index contributed by atoms with van der Waals surface area (Å²) in [5.74, 6) is 0.0299. The van der Waals surface area contributed by atoms with Crippen molar-refractivity contribution in [1.29, 1.82) is 0 Å². The number of aliphatic imine (C=N–C) groups is 1. The zero-order valence-electron chi connectivity index (χ0n) is 11.1. The van der Waals surface area contributed by atoms with Crippen LogP contribution in [0.25, 0.3) is 0 Å². The van der Waals surface area contributed by atoms with Gasteiger partial charge in [0, 0.05) is 11.3 Å². The van der Waals surface area contributed by atoms with Gasteiger partial charge >= 0.3 is 0 Å². The Kier molecular flexibility index (Phi) is 5.82. The highest BCUT2D eigenvalue weighted by molar-refractivity contribution is 8.14. The Bertz CT molecular complexity index is 291. The van der Waals surface area contributed by atoms with Crippen LogP contribution >= 0.6 is 11.8 Å². The summed E-state index contributed by atoms with van der Waals surface area (Å²) in [5, 5.41) is 7.56. The van der Waals surface area contributed by atoms with Gasteiger partial charge in [0.15, 0.2) is 5.17 Å². The van der Waals surface area contributed by atoms with E-state index in [9.17, 15) is 4.79 Å². The number of nitrogens with zero attached hydrogens (tertiary/aromatic N) is 1. The van der Waals surface area contributed by atoms with E-state index < -0.39 is 0 Å². The van der Waals surface area contributed by atoms with E-state index >= 15 is 0 Å². The first kappa shape index (κ1) is 14.4. The zero-order chi connectivity index (χ0) is 12.8. The van der Waals surface area contributed by atoms with Crippen LogP contribution in [0, 0.1) is 0 Å². The van der Waals surface area contributed by atoms with Crippen molar-refractivity contribution >= 4 is 22.8 Å². The normalized spacial score (nSPS) is 21.2. The first-order chi connectivity index (χ1) is 8.02. The summed E-state index contributed by atoms with van der Waals surface area (Å²) < 4.78 is 0. The van der Waals surface area contributed by atoms with Crippen LogP contribution < -0.4 is 10.6 Å². The molecule has 0 radical (unpaired) electrons. The Labute approximate surface area is 108 Å². The average Bonchev–Trinajstić information content (AvgIpc) is 2.65. The number of nitrogens with one attached hydrogen (secondary N) is 2. The molecule has 0 bridgehead atoms. The third kappa shape index (κ3) is 4.98. The Balaban J connectivity index is 2.32. The highest BCUT2D eigenvalue weighted by Crippen LogP contribution is 2.23. The molecule has 0 aliphatic carbocycles. The molecule has 0 aromatic carbocycles. The molecule has 98 valence electrons. The number of rotatable bonds is 5. The van der Waals surface area contributed by atoms with E-state index in [0.29, 0.717) is 5.25 Å². The van der Waals surface area contributed by atoms with Gasteiger partial charge in [0.1, 0.15) is 6.04 Å². The second-order valence-corrected chi connectivity index (χ2v) is 5.99. The molecule has 5 heteroatoms. The highest BCUT2D eigenvalue weighted by atomic mass is 32.2. The fourth-order valence-electron chi connectivity index (χ4n) is 1.63. The quantitative estimate of drug-likeness (QED) is 0.789. The van der Waals surface area contributed by atoms with Crippen molar-refractivity contribution in [2.75, 3.05) is 6.54 Å². The van der Waals surface area contributed by atoms with Gasteiger partial charge in [-0.2, -0.15) is 0 Å². The number of thioether (sulfide) groups is 1. The summed E-state index contributed by atoms with van der Waals surface area (Å²) in [6.45, 7) is 8.85. The molecule has 1 amide bonds. The standard InChI is InChI=1S/C12H23N3OS/c1-5-6-10-7-13-12(17-10)15-9(4)11(16)14-8(2)3/h8-10H,5-7H2,1-4H3,(H,13,15)(H,14,16). The minimum atomic E-state index is -0.218. The van der Waals surface area contributed by atoms with Gasteiger partial charge in [-0.25, -0.2) is 0 Å². The number of carbonyl (C=O) groups is 1. The summed E-state index contributed by atoms with van der Waals surface area (Å²) >= 11 is 1.76. The lowest BCUT2D eigenvalue weighted by Crippen LogP contribution is -2.46. The minimum absolute atomic E-state index is 0.0299. The molecule has 1 aliphatic rings. The van der Waals surface area contributed by atoms with Gasteiger partial charge in [0.25, 0.3) is 0 Å². The van der Waals surface area contributed by atoms with Gasteiger partial charge in [0.2, 0.25) is 5.91 Å². The molecule has 1 heterocycles. The van der Waals surface area contributed by atoms with Gasteiger partial charge in [0.05, 0.1) is 6.54 Å². The minimum Gasteiger partial charge on any atom is -0.353 e. The summed E-state index contributed by atoms with van der Waals surface area (Å²) in [7, 11) is 0. The fraction of sp³-hybridized carbons (Fsp3) is 0.833. The molecule has 2 N–H and O–H groups in total. The topological polar surface area (TPSA) is 53.5 Å². The Hall–Kier alpha value is -0.710. The van der Waals surface area contributed by atoms with E-state index in [0.717, 1.165) is 11.7 Å². The third-order valence-corrected chi connectivity index (χ3v) is 3.68.